The molecule has 0 spiro atoms. The van der Waals surface area contributed by atoms with Crippen molar-refractivity contribution in [3.05, 3.63) is 251 Å². The third-order valence-electron chi connectivity index (χ3n) is 19.3. The molecular formula is C78H66Cl3F3N18. The van der Waals surface area contributed by atoms with E-state index in [4.69, 9.17) is 65.5 Å². The first-order valence-electron chi connectivity index (χ1n) is 33.8. The smallest absolute Gasteiger partial charge is 0.223 e. The first-order chi connectivity index (χ1) is 49.8. The minimum absolute atomic E-state index is 0.169. The van der Waals surface area contributed by atoms with E-state index in [1.165, 1.54) is 36.4 Å². The van der Waals surface area contributed by atoms with E-state index in [1.807, 2.05) is 61.5 Å². The minimum atomic E-state index is -0.283. The summed E-state index contributed by atoms with van der Waals surface area (Å²) in [6.45, 7) is 5.08. The molecule has 0 radical (unpaired) electrons. The number of nitrogens with zero attached hydrogens (tertiary/aromatic N) is 15. The molecule has 510 valence electrons. The highest BCUT2D eigenvalue weighted by atomic mass is 35.5. The topological polar surface area (TPSA) is 196 Å². The van der Waals surface area contributed by atoms with Gasteiger partial charge in [0, 0.05) is 154 Å². The van der Waals surface area contributed by atoms with Crippen LogP contribution in [0.3, 0.4) is 0 Å². The molecule has 0 aliphatic carbocycles. The maximum atomic E-state index is 13.7. The Morgan fingerprint density at radius 3 is 1.12 bits per heavy atom. The van der Waals surface area contributed by atoms with Gasteiger partial charge in [-0.2, -0.15) is 0 Å². The Balaban J connectivity index is 0.000000118. The van der Waals surface area contributed by atoms with E-state index in [1.54, 1.807) is 62.0 Å². The lowest BCUT2D eigenvalue weighted by molar-refractivity contribution is 0.459. The third-order valence-corrected chi connectivity index (χ3v) is 20.3. The molecule has 9 aromatic heterocycles. The number of benzene rings is 6. The number of nitrogens with two attached hydrogens (primary N) is 1. The molecule has 3 aliphatic rings. The molecule has 3 aliphatic heterocycles. The molecule has 102 heavy (non-hydrogen) atoms. The zero-order chi connectivity index (χ0) is 69.7. The second-order valence-electron chi connectivity index (χ2n) is 25.4. The number of hydrogen-bond donors (Lipinski definition) is 3. The molecule has 0 amide bonds. The number of rotatable bonds is 15. The number of nitrogen functional groups attached to an aromatic ring is 1. The Kier molecular flexibility index (Phi) is 17.8. The first kappa shape index (κ1) is 65.5. The molecule has 12 heterocycles. The highest BCUT2D eigenvalue weighted by Gasteiger charge is 2.35. The van der Waals surface area contributed by atoms with Crippen LogP contribution in [0.25, 0.3) is 101 Å². The predicted molar refractivity (Wildman–Crippen MR) is 397 cm³/mol. The van der Waals surface area contributed by atoms with Crippen LogP contribution in [0.5, 0.6) is 0 Å². The van der Waals surface area contributed by atoms with Crippen LogP contribution in [0.4, 0.5) is 31.0 Å². The fourth-order valence-electron chi connectivity index (χ4n) is 14.7. The maximum Gasteiger partial charge on any atom is 0.223 e. The van der Waals surface area contributed by atoms with E-state index in [0.29, 0.717) is 17.6 Å². The van der Waals surface area contributed by atoms with Gasteiger partial charge in [-0.15, -0.1) is 0 Å². The van der Waals surface area contributed by atoms with Crippen LogP contribution < -0.4 is 16.4 Å². The van der Waals surface area contributed by atoms with Crippen LogP contribution in [-0.4, -0.2) is 85.9 Å². The fraction of sp³-hybridized carbons (Fsp3) is 0.192. The van der Waals surface area contributed by atoms with Crippen LogP contribution in [-0.2, 0) is 38.9 Å². The number of halogens is 6. The van der Waals surface area contributed by atoms with Crippen molar-refractivity contribution >= 4 is 85.4 Å². The van der Waals surface area contributed by atoms with Crippen molar-refractivity contribution in [3.8, 4) is 67.9 Å². The summed E-state index contributed by atoms with van der Waals surface area (Å²) in [5, 5.41) is 11.6. The lowest BCUT2D eigenvalue weighted by atomic mass is 10.1. The molecule has 0 saturated heterocycles. The summed E-state index contributed by atoms with van der Waals surface area (Å²) in [6.07, 6.45) is 16.9. The highest BCUT2D eigenvalue weighted by molar-refractivity contribution is 6.36. The van der Waals surface area contributed by atoms with Gasteiger partial charge < -0.3 is 43.8 Å². The van der Waals surface area contributed by atoms with Crippen LogP contribution in [0.2, 0.25) is 15.1 Å². The average Bonchev–Trinajstić information content (AvgIpc) is 1.60. The Morgan fingerprint density at radius 1 is 0.422 bits per heavy atom. The molecule has 24 heteroatoms. The van der Waals surface area contributed by atoms with Crippen molar-refractivity contribution in [1.82, 2.24) is 72.3 Å². The minimum Gasteiger partial charge on any atom is -0.368 e. The van der Waals surface area contributed by atoms with Crippen molar-refractivity contribution in [2.24, 2.45) is 0 Å². The average molecular weight is 1420 g/mol. The van der Waals surface area contributed by atoms with Crippen molar-refractivity contribution < 1.29 is 13.2 Å². The van der Waals surface area contributed by atoms with E-state index >= 15 is 0 Å². The van der Waals surface area contributed by atoms with Gasteiger partial charge >= 0.3 is 0 Å². The monoisotopic (exact) mass is 1420 g/mol. The lowest BCUT2D eigenvalue weighted by Crippen LogP contribution is -2.14. The summed E-state index contributed by atoms with van der Waals surface area (Å²) < 4.78 is 54.5. The van der Waals surface area contributed by atoms with Crippen molar-refractivity contribution in [1.29, 1.82) is 0 Å². The van der Waals surface area contributed by atoms with Gasteiger partial charge in [0.1, 0.15) is 34.9 Å². The quantitative estimate of drug-likeness (QED) is 0.0880. The second-order valence-corrected chi connectivity index (χ2v) is 26.6. The zero-order valence-electron chi connectivity index (χ0n) is 55.4. The van der Waals surface area contributed by atoms with Crippen LogP contribution in [0, 0.1) is 17.5 Å². The summed E-state index contributed by atoms with van der Waals surface area (Å²) in [4.78, 5) is 41.7. The van der Waals surface area contributed by atoms with Crippen molar-refractivity contribution in [2.45, 2.75) is 83.2 Å². The van der Waals surface area contributed by atoms with Gasteiger partial charge in [0.2, 0.25) is 17.8 Å². The summed E-state index contributed by atoms with van der Waals surface area (Å²) in [7, 11) is 1.80. The number of hydrogen-bond acceptors (Lipinski definition) is 12. The van der Waals surface area contributed by atoms with Gasteiger partial charge in [0.05, 0.1) is 69.4 Å². The summed E-state index contributed by atoms with van der Waals surface area (Å²) in [6, 6.07) is 49.7. The van der Waals surface area contributed by atoms with E-state index in [0.717, 1.165) is 192 Å². The van der Waals surface area contributed by atoms with Crippen molar-refractivity contribution in [2.75, 3.05) is 30.0 Å². The molecule has 18 nitrogen and oxygen atoms in total. The molecule has 4 N–H and O–H groups in total. The Bertz CT molecular complexity index is 5600. The Morgan fingerprint density at radius 2 is 0.765 bits per heavy atom. The maximum absolute atomic E-state index is 13.7. The van der Waals surface area contributed by atoms with Crippen LogP contribution >= 0.6 is 34.8 Å². The van der Waals surface area contributed by atoms with Gasteiger partial charge in [-0.1, -0.05) is 53.0 Å². The molecule has 0 saturated carbocycles. The van der Waals surface area contributed by atoms with E-state index in [2.05, 4.69) is 113 Å². The number of aromatic nitrogens is 15. The van der Waals surface area contributed by atoms with Gasteiger partial charge in [-0.3, -0.25) is 0 Å². The second kappa shape index (κ2) is 27.8. The van der Waals surface area contributed by atoms with Crippen LogP contribution in [0.1, 0.15) is 61.8 Å². The lowest BCUT2D eigenvalue weighted by Gasteiger charge is -2.19. The molecule has 6 aromatic carbocycles. The number of imidazole rings is 3. The molecule has 15 aromatic rings. The van der Waals surface area contributed by atoms with E-state index in [-0.39, 0.29) is 41.5 Å². The van der Waals surface area contributed by atoms with Crippen LogP contribution in [0.15, 0.2) is 201 Å². The summed E-state index contributed by atoms with van der Waals surface area (Å²) >= 11 is 19.2. The molecule has 18 rings (SSSR count). The van der Waals surface area contributed by atoms with Gasteiger partial charge in [-0.25, -0.2) is 58.0 Å². The number of nitrogens with one attached hydrogen (secondary N) is 2. The van der Waals surface area contributed by atoms with E-state index in [9.17, 15) is 13.2 Å². The Labute approximate surface area is 599 Å². The fourth-order valence-corrected chi connectivity index (χ4v) is 15.4. The Hall–Kier alpha value is -11.1. The first-order valence-corrected chi connectivity index (χ1v) is 34.9. The molecule has 0 unspecified atom stereocenters. The number of aryl methyl sites for hydroxylation is 3. The SMILES string of the molecule is CCNc1nccc(-c2c(-c3ccc(F)cc3)nc3n2[C@H](Cn2ccc4c(Cl)cccc42)CC3)n1.CNc1nccc(-c2c(-c3ccc(F)cc3)nc3n2[C@H](Cn2ccc4c(Cl)cccc42)CC3)n1.Nc1nccc(-c2c(-c3ccc(F)cc3)nc3n2[C@H](Cn2ccc4c(Cl)cccc42)CC3)n1. The van der Waals surface area contributed by atoms with Gasteiger partial charge in [0.25, 0.3) is 0 Å². The van der Waals surface area contributed by atoms with Gasteiger partial charge in [0.15, 0.2) is 0 Å². The zero-order valence-corrected chi connectivity index (χ0v) is 57.7. The standard InChI is InChI=1S/C27H24ClFN6.C26H22ClFN6.C25H20ClFN6/c1-2-30-27-31-14-12-22(32-27)26-25(17-6-8-18(29)9-7-17)33-24-11-10-19(35(24)26)16-34-15-13-20-21(28)4-3-5-23(20)34;1-29-26-30-13-11-21(31-26)25-24(16-5-7-17(28)8-6-16)32-23-10-9-18(34(23)25)15-33-14-12-19-20(27)3-2-4-22(19)33;26-19-2-1-3-21-18(19)11-13-32(21)14-17-8-9-22-31-23(15-4-6-16(27)7-5-15)24(33(17)22)20-10-12-29-25(28)30-20/h3-9,12-15,19H,2,10-11,16H2,1H3,(H,30,31,32);2-8,11-14,18H,9-10,15H2,1H3,(H,29,30,31);1-7,10-13,17H,8-9,14H2,(H2,28,29,30)/t19-;18-;17-/m000/s1. The molecule has 0 bridgehead atoms. The number of anilines is 3. The largest absolute Gasteiger partial charge is 0.368 e. The molecule has 3 atom stereocenters. The molecule has 0 fully saturated rings. The summed E-state index contributed by atoms with van der Waals surface area (Å²) in [5.41, 5.74) is 19.2. The predicted octanol–water partition coefficient (Wildman–Crippen LogP) is 17.9. The van der Waals surface area contributed by atoms with Crippen molar-refractivity contribution in [3.63, 3.8) is 0 Å². The highest BCUT2D eigenvalue weighted by Crippen LogP contribution is 2.45. The molecular weight excluding hydrogens is 1350 g/mol. The third kappa shape index (κ3) is 12.5. The van der Waals surface area contributed by atoms with Gasteiger partial charge in [-0.05, 0) is 172 Å². The normalized spacial score (nSPS) is 15.1. The van der Waals surface area contributed by atoms with E-state index < -0.39 is 0 Å². The summed E-state index contributed by atoms with van der Waals surface area (Å²) in [5.74, 6) is 3.51. The number of fused-ring (bicyclic) bond motifs is 6.